The van der Waals surface area contributed by atoms with Gasteiger partial charge in [-0.3, -0.25) is 4.79 Å². The molecule has 0 saturated heterocycles. The van der Waals surface area contributed by atoms with Crippen LogP contribution in [0.15, 0.2) is 18.2 Å². The van der Waals surface area contributed by atoms with Crippen LogP contribution in [0.5, 0.6) is 11.5 Å². The van der Waals surface area contributed by atoms with E-state index in [1.54, 1.807) is 25.3 Å². The van der Waals surface area contributed by atoms with Gasteiger partial charge in [0.25, 0.3) is 0 Å². The lowest BCUT2D eigenvalue weighted by Gasteiger charge is -2.30. The Hall–Kier alpha value is -1.51. The van der Waals surface area contributed by atoms with Crippen molar-refractivity contribution in [2.24, 2.45) is 5.41 Å². The van der Waals surface area contributed by atoms with E-state index in [1.807, 2.05) is 0 Å². The van der Waals surface area contributed by atoms with Gasteiger partial charge >= 0.3 is 0 Å². The third kappa shape index (κ3) is 2.84. The van der Waals surface area contributed by atoms with Crippen LogP contribution in [-0.4, -0.2) is 19.0 Å². The van der Waals surface area contributed by atoms with Gasteiger partial charge in [0.1, 0.15) is 17.6 Å². The molecule has 98 valence electrons. The lowest BCUT2D eigenvalue weighted by molar-refractivity contribution is 0.0775. The van der Waals surface area contributed by atoms with Crippen molar-refractivity contribution < 1.29 is 14.3 Å². The Kier molecular flexibility index (Phi) is 3.33. The minimum Gasteiger partial charge on any atom is -0.497 e. The van der Waals surface area contributed by atoms with Crippen LogP contribution in [0, 0.1) is 5.41 Å². The van der Waals surface area contributed by atoms with Crippen LogP contribution < -0.4 is 9.47 Å². The summed E-state index contributed by atoms with van der Waals surface area (Å²) in [6.07, 6.45) is 1.31. The Balaban J connectivity index is 2.23. The summed E-state index contributed by atoms with van der Waals surface area (Å²) in [6.45, 7) is 6.46. The first-order chi connectivity index (χ1) is 8.39. The lowest BCUT2D eigenvalue weighted by Crippen LogP contribution is -2.30. The molecule has 1 aliphatic rings. The van der Waals surface area contributed by atoms with Gasteiger partial charge in [0.2, 0.25) is 0 Å². The molecule has 0 aliphatic carbocycles. The second-order valence-corrected chi connectivity index (χ2v) is 5.99. The molecule has 0 N–H and O–H groups in total. The lowest BCUT2D eigenvalue weighted by atomic mass is 9.86. The van der Waals surface area contributed by atoms with Gasteiger partial charge < -0.3 is 9.47 Å². The molecule has 1 aliphatic heterocycles. The largest absolute Gasteiger partial charge is 0.497 e. The smallest absolute Gasteiger partial charge is 0.170 e. The van der Waals surface area contributed by atoms with Crippen molar-refractivity contribution in [3.05, 3.63) is 23.8 Å². The SMILES string of the molecule is COc1ccc2c(c1)OC(CC(C)(C)C)CC2=O. The number of carbonyl (C=O) groups is 1. The number of methoxy groups -OCH3 is 1. The van der Waals surface area contributed by atoms with Crippen molar-refractivity contribution in [2.45, 2.75) is 39.7 Å². The van der Waals surface area contributed by atoms with Crippen LogP contribution >= 0.6 is 0 Å². The van der Waals surface area contributed by atoms with Gasteiger partial charge in [-0.25, -0.2) is 0 Å². The van der Waals surface area contributed by atoms with Crippen LogP contribution in [0.25, 0.3) is 0 Å². The number of ketones is 1. The minimum absolute atomic E-state index is 0.0305. The van der Waals surface area contributed by atoms with Crippen molar-refractivity contribution >= 4 is 5.78 Å². The van der Waals surface area contributed by atoms with Gasteiger partial charge in [-0.15, -0.1) is 0 Å². The van der Waals surface area contributed by atoms with E-state index in [0.29, 0.717) is 17.7 Å². The molecule has 0 radical (unpaired) electrons. The second kappa shape index (κ2) is 4.63. The molecule has 0 aromatic heterocycles. The molecule has 3 nitrogen and oxygen atoms in total. The number of ether oxygens (including phenoxy) is 2. The number of Topliss-reactive ketones (excluding diaryl/α,β-unsaturated/α-hetero) is 1. The molecule has 0 spiro atoms. The maximum atomic E-state index is 12.1. The normalized spacial score (nSPS) is 19.1. The molecule has 0 fully saturated rings. The number of hydrogen-bond donors (Lipinski definition) is 0. The average Bonchev–Trinajstić information content (AvgIpc) is 2.25. The van der Waals surface area contributed by atoms with E-state index in [-0.39, 0.29) is 17.3 Å². The maximum absolute atomic E-state index is 12.1. The van der Waals surface area contributed by atoms with E-state index >= 15 is 0 Å². The fourth-order valence-electron chi connectivity index (χ4n) is 2.29. The second-order valence-electron chi connectivity index (χ2n) is 5.99. The topological polar surface area (TPSA) is 35.5 Å². The maximum Gasteiger partial charge on any atom is 0.170 e. The molecule has 0 bridgehead atoms. The molecule has 18 heavy (non-hydrogen) atoms. The number of fused-ring (bicyclic) bond motifs is 1. The Morgan fingerprint density at radius 1 is 1.39 bits per heavy atom. The van der Waals surface area contributed by atoms with Gasteiger partial charge in [0.15, 0.2) is 5.78 Å². The van der Waals surface area contributed by atoms with Gasteiger partial charge in [0.05, 0.1) is 12.7 Å². The summed E-state index contributed by atoms with van der Waals surface area (Å²) >= 11 is 0. The molecule has 3 heteroatoms. The minimum atomic E-state index is -0.0305. The molecule has 1 unspecified atom stereocenters. The molecule has 1 aromatic rings. The molecular formula is C15H20O3. The molecule has 1 aromatic carbocycles. The van der Waals surface area contributed by atoms with Crippen LogP contribution in [0.3, 0.4) is 0 Å². The molecule has 0 amide bonds. The molecule has 0 saturated carbocycles. The van der Waals surface area contributed by atoms with Crippen LogP contribution in [-0.2, 0) is 0 Å². The standard InChI is InChI=1S/C15H20O3/c1-15(2,3)9-11-7-13(16)12-6-5-10(17-4)8-14(12)18-11/h5-6,8,11H,7,9H2,1-4H3. The first-order valence-corrected chi connectivity index (χ1v) is 6.27. The molecule has 2 rings (SSSR count). The van der Waals surface area contributed by atoms with E-state index < -0.39 is 0 Å². The summed E-state index contributed by atoms with van der Waals surface area (Å²) < 4.78 is 11.1. The highest BCUT2D eigenvalue weighted by Crippen LogP contribution is 2.34. The Morgan fingerprint density at radius 2 is 2.11 bits per heavy atom. The summed E-state index contributed by atoms with van der Waals surface area (Å²) in [5.41, 5.74) is 0.822. The third-order valence-corrected chi connectivity index (χ3v) is 3.04. The predicted molar refractivity (Wildman–Crippen MR) is 70.4 cm³/mol. The fourth-order valence-corrected chi connectivity index (χ4v) is 2.29. The summed E-state index contributed by atoms with van der Waals surface area (Å²) in [4.78, 5) is 12.1. The van der Waals surface area contributed by atoms with Crippen molar-refractivity contribution in [2.75, 3.05) is 7.11 Å². The van der Waals surface area contributed by atoms with Gasteiger partial charge in [-0.2, -0.15) is 0 Å². The van der Waals surface area contributed by atoms with Crippen LogP contribution in [0.1, 0.15) is 44.0 Å². The third-order valence-electron chi connectivity index (χ3n) is 3.04. The Labute approximate surface area is 108 Å². The zero-order chi connectivity index (χ0) is 13.3. The Morgan fingerprint density at radius 3 is 2.72 bits per heavy atom. The van der Waals surface area contributed by atoms with Crippen molar-refractivity contribution in [1.82, 2.24) is 0 Å². The van der Waals surface area contributed by atoms with Crippen molar-refractivity contribution in [3.63, 3.8) is 0 Å². The zero-order valence-electron chi connectivity index (χ0n) is 11.4. The van der Waals surface area contributed by atoms with Gasteiger partial charge in [-0.05, 0) is 24.0 Å². The van der Waals surface area contributed by atoms with E-state index in [1.165, 1.54) is 0 Å². The highest BCUT2D eigenvalue weighted by molar-refractivity contribution is 6.00. The first-order valence-electron chi connectivity index (χ1n) is 6.27. The van der Waals surface area contributed by atoms with Crippen molar-refractivity contribution in [3.8, 4) is 11.5 Å². The summed E-state index contributed by atoms with van der Waals surface area (Å²) in [5, 5.41) is 0. The summed E-state index contributed by atoms with van der Waals surface area (Å²) in [6, 6.07) is 5.37. The first kappa shape index (κ1) is 12.9. The quantitative estimate of drug-likeness (QED) is 0.804. The van der Waals surface area contributed by atoms with Crippen molar-refractivity contribution in [1.29, 1.82) is 0 Å². The Bertz CT molecular complexity index is 457. The molecule has 1 atom stereocenters. The molecular weight excluding hydrogens is 228 g/mol. The van der Waals surface area contributed by atoms with Gasteiger partial charge in [0, 0.05) is 12.5 Å². The highest BCUT2D eigenvalue weighted by atomic mass is 16.5. The zero-order valence-corrected chi connectivity index (χ0v) is 11.4. The van der Waals surface area contributed by atoms with E-state index in [4.69, 9.17) is 9.47 Å². The van der Waals surface area contributed by atoms with E-state index in [0.717, 1.165) is 12.2 Å². The number of rotatable bonds is 2. The molecule has 1 heterocycles. The fraction of sp³-hybridized carbons (Fsp3) is 0.533. The summed E-state index contributed by atoms with van der Waals surface area (Å²) in [7, 11) is 1.61. The average molecular weight is 248 g/mol. The van der Waals surface area contributed by atoms with E-state index in [2.05, 4.69) is 20.8 Å². The number of carbonyl (C=O) groups excluding carboxylic acids is 1. The van der Waals surface area contributed by atoms with Gasteiger partial charge in [-0.1, -0.05) is 20.8 Å². The van der Waals surface area contributed by atoms with Crippen LogP contribution in [0.4, 0.5) is 0 Å². The van der Waals surface area contributed by atoms with Crippen LogP contribution in [0.2, 0.25) is 0 Å². The highest BCUT2D eigenvalue weighted by Gasteiger charge is 2.29. The number of hydrogen-bond acceptors (Lipinski definition) is 3. The van der Waals surface area contributed by atoms with E-state index in [9.17, 15) is 4.79 Å². The summed E-state index contributed by atoms with van der Waals surface area (Å²) in [5.74, 6) is 1.53. The number of benzene rings is 1. The monoisotopic (exact) mass is 248 g/mol. The predicted octanol–water partition coefficient (Wildman–Crippen LogP) is 3.47.